The average molecular weight is 213 g/mol. The van der Waals surface area contributed by atoms with Gasteiger partial charge in [-0.25, -0.2) is 8.42 Å². The Morgan fingerprint density at radius 1 is 1.58 bits per heavy atom. The highest BCUT2D eigenvalue weighted by Crippen LogP contribution is 2.36. The largest absolute Gasteiger partial charge is 0.390 e. The molecule has 5 heteroatoms. The maximum absolute atomic E-state index is 11.2. The van der Waals surface area contributed by atoms with Crippen LogP contribution < -0.4 is 0 Å². The van der Waals surface area contributed by atoms with E-state index in [9.17, 15) is 13.5 Å². The summed E-state index contributed by atoms with van der Waals surface area (Å²) in [5.41, 5.74) is 0. The van der Waals surface area contributed by atoms with E-state index in [0.29, 0.717) is 0 Å². The molecule has 0 aromatic heterocycles. The molecule has 1 fully saturated rings. The molecule has 1 saturated carbocycles. The van der Waals surface area contributed by atoms with Crippen molar-refractivity contribution in [1.82, 2.24) is 0 Å². The Bertz CT molecular complexity index is 245. The number of rotatable bonds is 4. The van der Waals surface area contributed by atoms with Crippen molar-refractivity contribution in [3.63, 3.8) is 0 Å². The van der Waals surface area contributed by atoms with Crippen LogP contribution in [0.5, 0.6) is 0 Å². The van der Waals surface area contributed by atoms with Crippen LogP contribution in [0.2, 0.25) is 0 Å². The van der Waals surface area contributed by atoms with Gasteiger partial charge in [0.05, 0.1) is 6.10 Å². The summed E-state index contributed by atoms with van der Waals surface area (Å²) in [5.74, 6) is 0.0964. The fourth-order valence-corrected chi connectivity index (χ4v) is 2.57. The molecular weight excluding hydrogens is 200 g/mol. The first-order chi connectivity index (χ1) is 5.49. The molecule has 1 N–H and O–H groups in total. The molecule has 0 aromatic rings. The standard InChI is InChI=1S/C7H13ClO3S/c1-2-12(10,11)7(8)6(9)5-3-4-5/h5-7,9H,2-4H2,1H3/t6-,7+/m1/s1. The number of hydrogen-bond acceptors (Lipinski definition) is 3. The lowest BCUT2D eigenvalue weighted by Crippen LogP contribution is -2.31. The number of aliphatic hydroxyl groups excluding tert-OH is 1. The molecule has 0 heterocycles. The van der Waals surface area contributed by atoms with Crippen LogP contribution in [0.4, 0.5) is 0 Å². The first-order valence-corrected chi connectivity index (χ1v) is 6.18. The number of aliphatic hydroxyl groups is 1. The molecule has 0 bridgehead atoms. The first-order valence-electron chi connectivity index (χ1n) is 4.02. The summed E-state index contributed by atoms with van der Waals surface area (Å²) in [6, 6.07) is 0. The first kappa shape index (κ1) is 10.3. The van der Waals surface area contributed by atoms with Gasteiger partial charge in [0.2, 0.25) is 0 Å². The summed E-state index contributed by atoms with van der Waals surface area (Å²) >= 11 is 5.62. The zero-order chi connectivity index (χ0) is 9.35. The number of sulfone groups is 1. The molecule has 0 amide bonds. The van der Waals surface area contributed by atoms with Gasteiger partial charge in [0, 0.05) is 5.75 Å². The van der Waals surface area contributed by atoms with E-state index in [1.54, 1.807) is 0 Å². The van der Waals surface area contributed by atoms with Crippen LogP contribution in [0.3, 0.4) is 0 Å². The van der Waals surface area contributed by atoms with Crippen LogP contribution in [0.15, 0.2) is 0 Å². The zero-order valence-corrected chi connectivity index (χ0v) is 8.48. The average Bonchev–Trinajstić information content (AvgIpc) is 2.84. The molecule has 0 aliphatic heterocycles. The molecule has 0 radical (unpaired) electrons. The minimum absolute atomic E-state index is 0.00898. The molecule has 3 nitrogen and oxygen atoms in total. The van der Waals surface area contributed by atoms with Gasteiger partial charge in [-0.2, -0.15) is 0 Å². The molecule has 2 atom stereocenters. The Kier molecular flexibility index (Phi) is 3.01. The van der Waals surface area contributed by atoms with Crippen molar-refractivity contribution in [2.45, 2.75) is 30.6 Å². The molecule has 0 unspecified atom stereocenters. The fraction of sp³-hybridized carbons (Fsp3) is 1.00. The maximum atomic E-state index is 11.2. The molecule has 12 heavy (non-hydrogen) atoms. The SMILES string of the molecule is CCS(=O)(=O)[C@H](Cl)[C@H](O)C1CC1. The van der Waals surface area contributed by atoms with Crippen LogP contribution in [-0.4, -0.2) is 30.1 Å². The lowest BCUT2D eigenvalue weighted by molar-refractivity contribution is 0.164. The van der Waals surface area contributed by atoms with Gasteiger partial charge in [-0.05, 0) is 18.8 Å². The lowest BCUT2D eigenvalue weighted by atomic mass is 10.3. The Hall–Kier alpha value is 0.200. The third kappa shape index (κ3) is 2.12. The molecule has 1 aliphatic rings. The topological polar surface area (TPSA) is 54.4 Å². The third-order valence-electron chi connectivity index (χ3n) is 2.12. The van der Waals surface area contributed by atoms with Crippen molar-refractivity contribution < 1.29 is 13.5 Å². The minimum Gasteiger partial charge on any atom is -0.390 e. The van der Waals surface area contributed by atoms with Crippen molar-refractivity contribution in [3.05, 3.63) is 0 Å². The molecule has 0 aromatic carbocycles. The summed E-state index contributed by atoms with van der Waals surface area (Å²) < 4.78 is 21.2. The second-order valence-electron chi connectivity index (χ2n) is 3.13. The summed E-state index contributed by atoms with van der Waals surface area (Å²) in [6.45, 7) is 1.53. The molecule has 0 saturated heterocycles. The second kappa shape index (κ2) is 3.52. The Morgan fingerprint density at radius 2 is 2.08 bits per heavy atom. The zero-order valence-electron chi connectivity index (χ0n) is 6.90. The van der Waals surface area contributed by atoms with Gasteiger partial charge < -0.3 is 5.11 Å². The van der Waals surface area contributed by atoms with Gasteiger partial charge in [-0.1, -0.05) is 6.92 Å². The van der Waals surface area contributed by atoms with Crippen molar-refractivity contribution in [1.29, 1.82) is 0 Å². The number of halogens is 1. The van der Waals surface area contributed by atoms with Gasteiger partial charge in [0.15, 0.2) is 14.5 Å². The normalized spacial score (nSPS) is 23.6. The van der Waals surface area contributed by atoms with E-state index >= 15 is 0 Å². The van der Waals surface area contributed by atoms with Crippen LogP contribution in [0, 0.1) is 5.92 Å². The Labute approximate surface area is 77.6 Å². The molecule has 72 valence electrons. The van der Waals surface area contributed by atoms with Crippen LogP contribution >= 0.6 is 11.6 Å². The second-order valence-corrected chi connectivity index (χ2v) is 6.27. The van der Waals surface area contributed by atoms with E-state index in [0.717, 1.165) is 12.8 Å². The molecule has 1 aliphatic carbocycles. The third-order valence-corrected chi connectivity index (χ3v) is 4.96. The minimum atomic E-state index is -3.29. The maximum Gasteiger partial charge on any atom is 0.169 e. The predicted molar refractivity (Wildman–Crippen MR) is 47.8 cm³/mol. The van der Waals surface area contributed by atoms with E-state index < -0.39 is 20.7 Å². The van der Waals surface area contributed by atoms with E-state index in [4.69, 9.17) is 11.6 Å². The van der Waals surface area contributed by atoms with E-state index in [1.807, 2.05) is 0 Å². The summed E-state index contributed by atoms with van der Waals surface area (Å²) in [7, 11) is -3.29. The van der Waals surface area contributed by atoms with Gasteiger partial charge in [-0.3, -0.25) is 0 Å². The summed E-state index contributed by atoms with van der Waals surface area (Å²) in [5, 5.41) is 9.41. The Morgan fingerprint density at radius 3 is 2.42 bits per heavy atom. The van der Waals surface area contributed by atoms with Gasteiger partial charge in [-0.15, -0.1) is 11.6 Å². The monoisotopic (exact) mass is 212 g/mol. The highest BCUT2D eigenvalue weighted by atomic mass is 35.5. The molecule has 0 spiro atoms. The predicted octanol–water partition coefficient (Wildman–Crippen LogP) is 0.757. The highest BCUT2D eigenvalue weighted by Gasteiger charge is 2.39. The van der Waals surface area contributed by atoms with E-state index in [-0.39, 0.29) is 11.7 Å². The van der Waals surface area contributed by atoms with Crippen molar-refractivity contribution in [2.75, 3.05) is 5.75 Å². The smallest absolute Gasteiger partial charge is 0.169 e. The van der Waals surface area contributed by atoms with Crippen LogP contribution in [0.1, 0.15) is 19.8 Å². The van der Waals surface area contributed by atoms with E-state index in [1.165, 1.54) is 6.92 Å². The van der Waals surface area contributed by atoms with E-state index in [2.05, 4.69) is 0 Å². The van der Waals surface area contributed by atoms with Crippen molar-refractivity contribution in [2.24, 2.45) is 5.92 Å². The number of hydrogen-bond donors (Lipinski definition) is 1. The fourth-order valence-electron chi connectivity index (χ4n) is 1.02. The highest BCUT2D eigenvalue weighted by molar-refractivity contribution is 7.93. The molecule has 1 rings (SSSR count). The van der Waals surface area contributed by atoms with Gasteiger partial charge >= 0.3 is 0 Å². The van der Waals surface area contributed by atoms with Crippen LogP contribution in [0.25, 0.3) is 0 Å². The van der Waals surface area contributed by atoms with Gasteiger partial charge in [0.25, 0.3) is 0 Å². The van der Waals surface area contributed by atoms with Crippen LogP contribution in [-0.2, 0) is 9.84 Å². The summed E-state index contributed by atoms with van der Waals surface area (Å²) in [6.07, 6.45) is 0.907. The molecular formula is C7H13ClO3S. The van der Waals surface area contributed by atoms with Gasteiger partial charge in [0.1, 0.15) is 0 Å². The summed E-state index contributed by atoms with van der Waals surface area (Å²) in [4.78, 5) is 0. The quantitative estimate of drug-likeness (QED) is 0.700. The van der Waals surface area contributed by atoms with Crippen molar-refractivity contribution >= 4 is 21.4 Å². The Balaban J connectivity index is 2.62. The lowest BCUT2D eigenvalue weighted by Gasteiger charge is -2.15. The van der Waals surface area contributed by atoms with Crippen molar-refractivity contribution in [3.8, 4) is 0 Å². The number of alkyl halides is 1.